The first kappa shape index (κ1) is 10.8. The van der Waals surface area contributed by atoms with Crippen molar-refractivity contribution in [2.45, 2.75) is 37.5 Å². The van der Waals surface area contributed by atoms with Gasteiger partial charge in [0, 0.05) is 29.4 Å². The van der Waals surface area contributed by atoms with Gasteiger partial charge in [0.2, 0.25) is 0 Å². The molecule has 2 unspecified atom stereocenters. The second kappa shape index (κ2) is 5.40. The Kier molecular flexibility index (Phi) is 3.89. The third-order valence-corrected chi connectivity index (χ3v) is 4.07. The van der Waals surface area contributed by atoms with Gasteiger partial charge in [-0.05, 0) is 37.1 Å². The highest BCUT2D eigenvalue weighted by Crippen LogP contribution is 2.31. The standard InChI is InChI=1S/C12H18N2S/c1-2-15-12-4-3-11(9-12)14-10-5-7-13-8-6-10/h5-8,11-12H,2-4,9H2,1H3,(H,13,14). The van der Waals surface area contributed by atoms with Crippen LogP contribution in [0.25, 0.3) is 0 Å². The second-order valence-electron chi connectivity index (χ2n) is 3.97. The smallest absolute Gasteiger partial charge is 0.0373 e. The molecular formula is C12H18N2S. The maximum absolute atomic E-state index is 4.02. The average molecular weight is 222 g/mol. The lowest BCUT2D eigenvalue weighted by Crippen LogP contribution is -2.15. The molecular weight excluding hydrogens is 204 g/mol. The molecule has 0 spiro atoms. The number of nitrogens with one attached hydrogen (secondary N) is 1. The molecule has 15 heavy (non-hydrogen) atoms. The predicted molar refractivity (Wildman–Crippen MR) is 67.4 cm³/mol. The normalized spacial score (nSPS) is 25.4. The van der Waals surface area contributed by atoms with E-state index >= 15 is 0 Å². The number of anilines is 1. The molecule has 1 fully saturated rings. The number of rotatable bonds is 4. The second-order valence-corrected chi connectivity index (χ2v) is 5.54. The fourth-order valence-electron chi connectivity index (χ4n) is 2.14. The summed E-state index contributed by atoms with van der Waals surface area (Å²) in [7, 11) is 0. The zero-order valence-corrected chi connectivity index (χ0v) is 9.96. The summed E-state index contributed by atoms with van der Waals surface area (Å²) in [5.41, 5.74) is 1.21. The van der Waals surface area contributed by atoms with Gasteiger partial charge in [0.15, 0.2) is 0 Å². The highest BCUT2D eigenvalue weighted by molar-refractivity contribution is 7.99. The lowest BCUT2D eigenvalue weighted by Gasteiger charge is -2.14. The molecule has 82 valence electrons. The summed E-state index contributed by atoms with van der Waals surface area (Å²) in [4.78, 5) is 4.02. The highest BCUT2D eigenvalue weighted by atomic mass is 32.2. The zero-order chi connectivity index (χ0) is 10.5. The van der Waals surface area contributed by atoms with Crippen LogP contribution >= 0.6 is 11.8 Å². The van der Waals surface area contributed by atoms with E-state index in [4.69, 9.17) is 0 Å². The van der Waals surface area contributed by atoms with Gasteiger partial charge in [-0.15, -0.1) is 0 Å². The van der Waals surface area contributed by atoms with Crippen LogP contribution in [0, 0.1) is 0 Å². The molecule has 1 aliphatic carbocycles. The Labute approximate surface area is 95.9 Å². The molecule has 0 amide bonds. The van der Waals surface area contributed by atoms with Crippen LogP contribution < -0.4 is 5.32 Å². The van der Waals surface area contributed by atoms with Crippen LogP contribution in [0.1, 0.15) is 26.2 Å². The third kappa shape index (κ3) is 3.13. The van der Waals surface area contributed by atoms with Crippen LogP contribution in [0.4, 0.5) is 5.69 Å². The Balaban J connectivity index is 1.82. The number of aromatic nitrogens is 1. The first-order chi connectivity index (χ1) is 7.38. The Morgan fingerprint density at radius 3 is 2.93 bits per heavy atom. The Bertz CT molecular complexity index is 289. The maximum atomic E-state index is 4.02. The van der Waals surface area contributed by atoms with Crippen molar-refractivity contribution in [2.24, 2.45) is 0 Å². The number of nitrogens with zero attached hydrogens (tertiary/aromatic N) is 1. The first-order valence-corrected chi connectivity index (χ1v) is 6.71. The topological polar surface area (TPSA) is 24.9 Å². The van der Waals surface area contributed by atoms with Crippen LogP contribution in [0.2, 0.25) is 0 Å². The summed E-state index contributed by atoms with van der Waals surface area (Å²) >= 11 is 2.10. The average Bonchev–Trinajstić information content (AvgIpc) is 2.68. The van der Waals surface area contributed by atoms with Gasteiger partial charge in [-0.3, -0.25) is 4.98 Å². The summed E-state index contributed by atoms with van der Waals surface area (Å²) in [6.07, 6.45) is 7.66. The molecule has 1 N–H and O–H groups in total. The summed E-state index contributed by atoms with van der Waals surface area (Å²) in [6, 6.07) is 4.75. The van der Waals surface area contributed by atoms with E-state index in [-0.39, 0.29) is 0 Å². The Hall–Kier alpha value is -0.700. The molecule has 0 saturated heterocycles. The van der Waals surface area contributed by atoms with Gasteiger partial charge in [-0.25, -0.2) is 0 Å². The number of hydrogen-bond donors (Lipinski definition) is 1. The minimum absolute atomic E-state index is 0.663. The largest absolute Gasteiger partial charge is 0.382 e. The predicted octanol–water partition coefficient (Wildman–Crippen LogP) is 3.17. The van der Waals surface area contributed by atoms with Crippen molar-refractivity contribution in [3.8, 4) is 0 Å². The van der Waals surface area contributed by atoms with E-state index in [1.807, 2.05) is 24.5 Å². The minimum Gasteiger partial charge on any atom is -0.382 e. The van der Waals surface area contributed by atoms with Crippen molar-refractivity contribution in [2.75, 3.05) is 11.1 Å². The van der Waals surface area contributed by atoms with Crippen molar-refractivity contribution in [3.05, 3.63) is 24.5 Å². The number of pyridine rings is 1. The van der Waals surface area contributed by atoms with Gasteiger partial charge in [0.05, 0.1) is 0 Å². The summed E-state index contributed by atoms with van der Waals surface area (Å²) in [6.45, 7) is 2.24. The van der Waals surface area contributed by atoms with Gasteiger partial charge >= 0.3 is 0 Å². The summed E-state index contributed by atoms with van der Waals surface area (Å²) < 4.78 is 0. The molecule has 0 aliphatic heterocycles. The number of hydrogen-bond acceptors (Lipinski definition) is 3. The molecule has 0 radical (unpaired) electrons. The van der Waals surface area contributed by atoms with Gasteiger partial charge in [0.25, 0.3) is 0 Å². The van der Waals surface area contributed by atoms with Crippen molar-refractivity contribution >= 4 is 17.4 Å². The van der Waals surface area contributed by atoms with E-state index in [1.165, 1.54) is 30.7 Å². The SMILES string of the molecule is CCSC1CCC(Nc2ccncc2)C1. The molecule has 1 heterocycles. The van der Waals surface area contributed by atoms with Crippen molar-refractivity contribution in [3.63, 3.8) is 0 Å². The van der Waals surface area contributed by atoms with Crippen LogP contribution in [-0.2, 0) is 0 Å². The zero-order valence-electron chi connectivity index (χ0n) is 9.15. The van der Waals surface area contributed by atoms with Crippen LogP contribution in [0.15, 0.2) is 24.5 Å². The molecule has 0 aromatic carbocycles. The molecule has 1 aliphatic rings. The third-order valence-electron chi connectivity index (χ3n) is 2.84. The van der Waals surface area contributed by atoms with Gasteiger partial charge in [-0.2, -0.15) is 11.8 Å². The molecule has 1 saturated carbocycles. The van der Waals surface area contributed by atoms with E-state index in [9.17, 15) is 0 Å². The number of thioether (sulfide) groups is 1. The molecule has 1 aromatic heterocycles. The van der Waals surface area contributed by atoms with E-state index in [2.05, 4.69) is 29.0 Å². The summed E-state index contributed by atoms with van der Waals surface area (Å²) in [5, 5.41) is 4.45. The molecule has 0 bridgehead atoms. The quantitative estimate of drug-likeness (QED) is 0.847. The van der Waals surface area contributed by atoms with Crippen molar-refractivity contribution in [1.82, 2.24) is 4.98 Å². The minimum atomic E-state index is 0.663. The summed E-state index contributed by atoms with van der Waals surface area (Å²) in [5.74, 6) is 1.24. The Morgan fingerprint density at radius 1 is 1.40 bits per heavy atom. The monoisotopic (exact) mass is 222 g/mol. The van der Waals surface area contributed by atoms with Gasteiger partial charge < -0.3 is 5.32 Å². The maximum Gasteiger partial charge on any atom is 0.0373 e. The fraction of sp³-hybridized carbons (Fsp3) is 0.583. The molecule has 3 heteroatoms. The van der Waals surface area contributed by atoms with E-state index in [0.29, 0.717) is 6.04 Å². The lowest BCUT2D eigenvalue weighted by molar-refractivity contribution is 0.757. The highest BCUT2D eigenvalue weighted by Gasteiger charge is 2.24. The molecule has 2 atom stereocenters. The van der Waals surface area contributed by atoms with Crippen molar-refractivity contribution in [1.29, 1.82) is 0 Å². The van der Waals surface area contributed by atoms with Crippen LogP contribution in [0.3, 0.4) is 0 Å². The van der Waals surface area contributed by atoms with E-state index < -0.39 is 0 Å². The van der Waals surface area contributed by atoms with E-state index in [1.54, 1.807) is 0 Å². The van der Waals surface area contributed by atoms with Crippen LogP contribution in [0.5, 0.6) is 0 Å². The van der Waals surface area contributed by atoms with Crippen molar-refractivity contribution < 1.29 is 0 Å². The molecule has 2 nitrogen and oxygen atoms in total. The van der Waals surface area contributed by atoms with Gasteiger partial charge in [-0.1, -0.05) is 6.92 Å². The fourth-order valence-corrected chi connectivity index (χ4v) is 3.28. The van der Waals surface area contributed by atoms with Crippen LogP contribution in [-0.4, -0.2) is 22.0 Å². The first-order valence-electron chi connectivity index (χ1n) is 5.66. The Morgan fingerprint density at radius 2 is 2.20 bits per heavy atom. The lowest BCUT2D eigenvalue weighted by atomic mass is 10.2. The molecule has 1 aromatic rings. The van der Waals surface area contributed by atoms with Gasteiger partial charge in [0.1, 0.15) is 0 Å². The van der Waals surface area contributed by atoms with E-state index in [0.717, 1.165) is 5.25 Å². The molecule has 2 rings (SSSR count).